The first-order chi connectivity index (χ1) is 9.80. The van der Waals surface area contributed by atoms with Crippen molar-refractivity contribution in [3.05, 3.63) is 36.9 Å². The molecule has 0 saturated carbocycles. The summed E-state index contributed by atoms with van der Waals surface area (Å²) in [6.07, 6.45) is 7.10. The number of aromatic nitrogens is 3. The van der Waals surface area contributed by atoms with Crippen molar-refractivity contribution in [1.82, 2.24) is 14.8 Å². The Morgan fingerprint density at radius 3 is 2.75 bits per heavy atom. The molecule has 0 aliphatic carbocycles. The van der Waals surface area contributed by atoms with Gasteiger partial charge in [-0.15, -0.1) is 23.2 Å². The monoisotopic (exact) mass is 285 g/mol. The number of methoxy groups -OCH3 is 1. The summed E-state index contributed by atoms with van der Waals surface area (Å²) < 4.78 is 7.15. The maximum absolute atomic E-state index is 5.29. The molecule has 0 amide bonds. The van der Waals surface area contributed by atoms with Crippen molar-refractivity contribution in [2.24, 2.45) is 0 Å². The molecule has 4 nitrogen and oxygen atoms in total. The van der Waals surface area contributed by atoms with Crippen LogP contribution in [0.25, 0.3) is 11.4 Å². The molecule has 0 bridgehead atoms. The van der Waals surface area contributed by atoms with Crippen LogP contribution in [0.1, 0.15) is 0 Å². The Morgan fingerprint density at radius 1 is 1.40 bits per heavy atom. The zero-order valence-electron chi connectivity index (χ0n) is 11.2. The van der Waals surface area contributed by atoms with Crippen LogP contribution in [0.2, 0.25) is 0 Å². The highest BCUT2D eigenvalue weighted by molar-refractivity contribution is 7.99. The van der Waals surface area contributed by atoms with Gasteiger partial charge < -0.3 is 4.74 Å². The molecule has 20 heavy (non-hydrogen) atoms. The van der Waals surface area contributed by atoms with Gasteiger partial charge in [0.25, 0.3) is 0 Å². The maximum atomic E-state index is 5.29. The van der Waals surface area contributed by atoms with Crippen molar-refractivity contribution >= 4 is 11.8 Å². The van der Waals surface area contributed by atoms with E-state index >= 15 is 0 Å². The van der Waals surface area contributed by atoms with Crippen LogP contribution in [0.5, 0.6) is 5.75 Å². The Morgan fingerprint density at radius 2 is 2.15 bits per heavy atom. The Bertz CT molecular complexity index is 626. The molecule has 0 radical (unpaired) electrons. The van der Waals surface area contributed by atoms with Crippen LogP contribution in [0.15, 0.2) is 42.1 Å². The van der Waals surface area contributed by atoms with Gasteiger partial charge in [-0.2, -0.15) is 0 Å². The van der Waals surface area contributed by atoms with Gasteiger partial charge in [-0.3, -0.25) is 4.57 Å². The average molecular weight is 285 g/mol. The summed E-state index contributed by atoms with van der Waals surface area (Å²) >= 11 is 1.49. The van der Waals surface area contributed by atoms with Gasteiger partial charge in [-0.05, 0) is 24.3 Å². The van der Waals surface area contributed by atoms with E-state index in [0.717, 1.165) is 22.3 Å². The SMILES string of the molecule is C#CCSc1nnc(-c2ccc(OC)cc2)n1CC=C. The lowest BCUT2D eigenvalue weighted by Crippen LogP contribution is -2.00. The van der Waals surface area contributed by atoms with Gasteiger partial charge in [-0.25, -0.2) is 0 Å². The normalized spacial score (nSPS) is 10.0. The fraction of sp³-hybridized carbons (Fsp3) is 0.200. The quantitative estimate of drug-likeness (QED) is 0.465. The third kappa shape index (κ3) is 3.03. The van der Waals surface area contributed by atoms with Crippen LogP contribution < -0.4 is 4.74 Å². The number of benzene rings is 1. The van der Waals surface area contributed by atoms with Gasteiger partial charge in [0, 0.05) is 12.1 Å². The summed E-state index contributed by atoms with van der Waals surface area (Å²) in [5.41, 5.74) is 0.979. The molecule has 0 N–H and O–H groups in total. The molecule has 1 heterocycles. The molecule has 0 aliphatic rings. The Kier molecular flexibility index (Phi) is 4.85. The third-order valence-corrected chi connectivity index (χ3v) is 3.53. The minimum atomic E-state index is 0.567. The number of allylic oxidation sites excluding steroid dienone is 1. The van der Waals surface area contributed by atoms with Crippen LogP contribution in [0, 0.1) is 12.3 Å². The van der Waals surface area contributed by atoms with Crippen molar-refractivity contribution in [2.45, 2.75) is 11.7 Å². The number of nitrogens with zero attached hydrogens (tertiary/aromatic N) is 3. The van der Waals surface area contributed by atoms with Crippen molar-refractivity contribution in [1.29, 1.82) is 0 Å². The highest BCUT2D eigenvalue weighted by Crippen LogP contribution is 2.25. The Balaban J connectivity index is 2.36. The molecule has 1 aromatic heterocycles. The topological polar surface area (TPSA) is 39.9 Å². The molecule has 1 aromatic carbocycles. The van der Waals surface area contributed by atoms with Gasteiger partial charge in [-0.1, -0.05) is 23.8 Å². The highest BCUT2D eigenvalue weighted by Gasteiger charge is 2.13. The van der Waals surface area contributed by atoms with Crippen LogP contribution in [0.3, 0.4) is 0 Å². The number of terminal acetylenes is 1. The number of ether oxygens (including phenoxy) is 1. The second kappa shape index (κ2) is 6.83. The van der Waals surface area contributed by atoms with E-state index in [1.54, 1.807) is 7.11 Å². The third-order valence-electron chi connectivity index (χ3n) is 2.66. The first-order valence-electron chi connectivity index (χ1n) is 6.05. The highest BCUT2D eigenvalue weighted by atomic mass is 32.2. The van der Waals surface area contributed by atoms with Crippen molar-refractivity contribution in [2.75, 3.05) is 12.9 Å². The lowest BCUT2D eigenvalue weighted by molar-refractivity contribution is 0.415. The molecule has 2 aromatic rings. The van der Waals surface area contributed by atoms with E-state index in [1.807, 2.05) is 34.9 Å². The maximum Gasteiger partial charge on any atom is 0.192 e. The smallest absolute Gasteiger partial charge is 0.192 e. The van der Waals surface area contributed by atoms with E-state index in [-0.39, 0.29) is 0 Å². The molecule has 0 aliphatic heterocycles. The summed E-state index contributed by atoms with van der Waals surface area (Å²) in [5, 5.41) is 9.24. The van der Waals surface area contributed by atoms with E-state index in [0.29, 0.717) is 12.3 Å². The second-order valence-corrected chi connectivity index (χ2v) is 4.87. The number of thioether (sulfide) groups is 1. The summed E-state index contributed by atoms with van der Waals surface area (Å²) in [6, 6.07) is 7.71. The molecule has 5 heteroatoms. The molecule has 0 atom stereocenters. The van der Waals surface area contributed by atoms with E-state index in [9.17, 15) is 0 Å². The zero-order chi connectivity index (χ0) is 14.4. The lowest BCUT2D eigenvalue weighted by Gasteiger charge is -2.07. The van der Waals surface area contributed by atoms with E-state index in [1.165, 1.54) is 11.8 Å². The predicted molar refractivity (Wildman–Crippen MR) is 81.8 cm³/mol. The molecule has 0 unspecified atom stereocenters. The molecule has 102 valence electrons. The number of rotatable bonds is 6. The molecule has 2 rings (SSSR count). The molecule has 0 saturated heterocycles. The van der Waals surface area contributed by atoms with Crippen molar-refractivity contribution in [3.8, 4) is 29.5 Å². The van der Waals surface area contributed by atoms with Crippen molar-refractivity contribution < 1.29 is 4.74 Å². The Hall–Kier alpha value is -2.19. The standard InChI is InChI=1S/C15H15N3OS/c1-4-10-18-14(16-17-15(18)20-11-5-2)12-6-8-13(19-3)9-7-12/h2,4,6-9H,1,10-11H2,3H3. The van der Waals surface area contributed by atoms with Gasteiger partial charge in [0.15, 0.2) is 11.0 Å². The van der Waals surface area contributed by atoms with Crippen molar-refractivity contribution in [3.63, 3.8) is 0 Å². The lowest BCUT2D eigenvalue weighted by atomic mass is 10.2. The van der Waals surface area contributed by atoms with Crippen LogP contribution in [-0.4, -0.2) is 27.6 Å². The summed E-state index contributed by atoms with van der Waals surface area (Å²) in [7, 11) is 1.64. The first kappa shape index (κ1) is 14.2. The van der Waals surface area contributed by atoms with Crippen LogP contribution in [0.4, 0.5) is 0 Å². The van der Waals surface area contributed by atoms with E-state index in [2.05, 4.69) is 22.7 Å². The average Bonchev–Trinajstić information content (AvgIpc) is 2.88. The first-order valence-corrected chi connectivity index (χ1v) is 7.03. The summed E-state index contributed by atoms with van der Waals surface area (Å²) in [4.78, 5) is 0. The fourth-order valence-electron chi connectivity index (χ4n) is 1.75. The number of hydrogen-bond acceptors (Lipinski definition) is 4. The number of hydrogen-bond donors (Lipinski definition) is 0. The van der Waals surface area contributed by atoms with Gasteiger partial charge >= 0.3 is 0 Å². The van der Waals surface area contributed by atoms with Gasteiger partial charge in [0.05, 0.1) is 12.9 Å². The summed E-state index contributed by atoms with van der Waals surface area (Å²) in [5.74, 6) is 4.77. The summed E-state index contributed by atoms with van der Waals surface area (Å²) in [6.45, 7) is 4.41. The van der Waals surface area contributed by atoms with Gasteiger partial charge in [0.2, 0.25) is 0 Å². The molecular formula is C15H15N3OS. The zero-order valence-corrected chi connectivity index (χ0v) is 12.1. The predicted octanol–water partition coefficient (Wildman–Crippen LogP) is 2.87. The van der Waals surface area contributed by atoms with E-state index < -0.39 is 0 Å². The molecular weight excluding hydrogens is 270 g/mol. The minimum absolute atomic E-state index is 0.567. The largest absolute Gasteiger partial charge is 0.497 e. The Labute approximate surface area is 122 Å². The minimum Gasteiger partial charge on any atom is -0.497 e. The fourth-order valence-corrected chi connectivity index (χ4v) is 2.38. The van der Waals surface area contributed by atoms with Crippen LogP contribution in [-0.2, 0) is 6.54 Å². The molecule has 0 spiro atoms. The van der Waals surface area contributed by atoms with Crippen LogP contribution >= 0.6 is 11.8 Å². The molecule has 0 fully saturated rings. The second-order valence-electron chi connectivity index (χ2n) is 3.93. The van der Waals surface area contributed by atoms with Gasteiger partial charge in [0.1, 0.15) is 5.75 Å². The van der Waals surface area contributed by atoms with E-state index in [4.69, 9.17) is 11.2 Å².